The van der Waals surface area contributed by atoms with E-state index in [0.717, 1.165) is 10.6 Å². The van der Waals surface area contributed by atoms with Crippen molar-refractivity contribution >= 4 is 17.9 Å². The van der Waals surface area contributed by atoms with E-state index in [2.05, 4.69) is 4.72 Å². The molecule has 17 heavy (non-hydrogen) atoms. The molecule has 0 spiro atoms. The van der Waals surface area contributed by atoms with Crippen molar-refractivity contribution in [2.45, 2.75) is 24.3 Å². The Morgan fingerprint density at radius 3 is 2.53 bits per heavy atom. The molecule has 94 valence electrons. The normalized spacial score (nSPS) is 11.1. The van der Waals surface area contributed by atoms with E-state index in [1.807, 2.05) is 24.3 Å². The van der Waals surface area contributed by atoms with E-state index in [1.165, 1.54) is 19.1 Å². The van der Waals surface area contributed by atoms with Crippen LogP contribution in [0.1, 0.15) is 13.8 Å². The van der Waals surface area contributed by atoms with E-state index < -0.39 is 5.54 Å². The molecule has 1 aromatic rings. The molecule has 1 aromatic carbocycles. The molecule has 0 aromatic heterocycles. The summed E-state index contributed by atoms with van der Waals surface area (Å²) in [5.74, 6) is 0.463. The smallest absolute Gasteiger partial charge is 0.326 e. The van der Waals surface area contributed by atoms with Gasteiger partial charge < -0.3 is 9.47 Å². The van der Waals surface area contributed by atoms with Gasteiger partial charge in [0.15, 0.2) is 0 Å². The van der Waals surface area contributed by atoms with Gasteiger partial charge in [-0.25, -0.2) is 4.72 Å². The Morgan fingerprint density at radius 1 is 1.29 bits per heavy atom. The maximum absolute atomic E-state index is 11.5. The topological polar surface area (TPSA) is 47.6 Å². The quantitative estimate of drug-likeness (QED) is 0.646. The number of carbonyl (C=O) groups excluding carboxylic acids is 1. The van der Waals surface area contributed by atoms with E-state index in [4.69, 9.17) is 9.47 Å². The van der Waals surface area contributed by atoms with E-state index in [0.29, 0.717) is 0 Å². The molecular formula is C12H17NO3S. The third-order valence-corrected chi connectivity index (χ3v) is 3.35. The number of rotatable bonds is 5. The zero-order valence-corrected chi connectivity index (χ0v) is 11.3. The third-order valence-electron chi connectivity index (χ3n) is 2.18. The predicted octanol–water partition coefficient (Wildman–Crippen LogP) is 2.24. The lowest BCUT2D eigenvalue weighted by molar-refractivity contribution is -0.146. The summed E-state index contributed by atoms with van der Waals surface area (Å²) >= 11 is 1.35. The minimum Gasteiger partial charge on any atom is -0.496 e. The summed E-state index contributed by atoms with van der Waals surface area (Å²) in [6.07, 6.45) is 0. The number of hydrogen-bond donors (Lipinski definition) is 1. The van der Waals surface area contributed by atoms with Gasteiger partial charge in [0.25, 0.3) is 0 Å². The summed E-state index contributed by atoms with van der Waals surface area (Å²) in [5, 5.41) is 0. The minimum atomic E-state index is -0.750. The van der Waals surface area contributed by atoms with Gasteiger partial charge in [0.1, 0.15) is 11.3 Å². The average Bonchev–Trinajstić information content (AvgIpc) is 2.35. The lowest BCUT2D eigenvalue weighted by Gasteiger charge is -2.22. The number of nitrogens with one attached hydrogen (secondary N) is 1. The molecule has 0 amide bonds. The first-order valence-electron chi connectivity index (χ1n) is 5.16. The van der Waals surface area contributed by atoms with Gasteiger partial charge in [-0.1, -0.05) is 12.1 Å². The van der Waals surface area contributed by atoms with E-state index >= 15 is 0 Å². The molecule has 0 aliphatic rings. The van der Waals surface area contributed by atoms with Crippen LogP contribution in [-0.4, -0.2) is 25.7 Å². The average molecular weight is 255 g/mol. The fourth-order valence-electron chi connectivity index (χ4n) is 1.18. The van der Waals surface area contributed by atoms with Crippen LogP contribution in [0.3, 0.4) is 0 Å². The molecule has 0 aliphatic heterocycles. The molecule has 0 saturated heterocycles. The van der Waals surface area contributed by atoms with Crippen LogP contribution >= 0.6 is 11.9 Å². The maximum Gasteiger partial charge on any atom is 0.326 e. The van der Waals surface area contributed by atoms with Gasteiger partial charge in [-0.3, -0.25) is 4.79 Å². The highest BCUT2D eigenvalue weighted by atomic mass is 32.2. The number of carbonyl (C=O) groups is 1. The van der Waals surface area contributed by atoms with Gasteiger partial charge in [0.05, 0.1) is 19.1 Å². The van der Waals surface area contributed by atoms with E-state index in [9.17, 15) is 4.79 Å². The molecule has 4 nitrogen and oxygen atoms in total. The van der Waals surface area contributed by atoms with Crippen LogP contribution < -0.4 is 9.46 Å². The summed E-state index contributed by atoms with van der Waals surface area (Å²) in [6.45, 7) is 3.53. The standard InChI is InChI=1S/C12H17NO3S/c1-12(2,11(14)16-4)13-17-10-8-6-5-7-9(10)15-3/h5-8,13H,1-4H3. The third kappa shape index (κ3) is 3.64. The Balaban J connectivity index is 2.70. The van der Waals surface area contributed by atoms with Crippen LogP contribution in [0, 0.1) is 0 Å². The first kappa shape index (κ1) is 13.9. The molecule has 0 heterocycles. The monoisotopic (exact) mass is 255 g/mol. The SMILES string of the molecule is COC(=O)C(C)(C)NSc1ccccc1OC. The Hall–Kier alpha value is -1.20. The van der Waals surface area contributed by atoms with Crippen LogP contribution in [0.2, 0.25) is 0 Å². The second kappa shape index (κ2) is 5.93. The highest BCUT2D eigenvalue weighted by Gasteiger charge is 2.28. The lowest BCUT2D eigenvalue weighted by Crippen LogP contribution is -2.43. The van der Waals surface area contributed by atoms with Crippen molar-refractivity contribution in [1.82, 2.24) is 4.72 Å². The fourth-order valence-corrected chi connectivity index (χ4v) is 2.03. The Kier molecular flexibility index (Phi) is 4.84. The van der Waals surface area contributed by atoms with Crippen LogP contribution in [0.15, 0.2) is 29.2 Å². The number of para-hydroxylation sites is 1. The van der Waals surface area contributed by atoms with Crippen molar-refractivity contribution in [1.29, 1.82) is 0 Å². The second-order valence-corrected chi connectivity index (χ2v) is 4.82. The number of esters is 1. The molecule has 0 saturated carbocycles. The maximum atomic E-state index is 11.5. The zero-order chi connectivity index (χ0) is 12.9. The summed E-state index contributed by atoms with van der Waals surface area (Å²) in [4.78, 5) is 12.4. The zero-order valence-electron chi connectivity index (χ0n) is 10.4. The van der Waals surface area contributed by atoms with Crippen molar-refractivity contribution in [2.24, 2.45) is 0 Å². The van der Waals surface area contributed by atoms with Crippen LogP contribution in [0.25, 0.3) is 0 Å². The minimum absolute atomic E-state index is 0.306. The predicted molar refractivity (Wildman–Crippen MR) is 68.1 cm³/mol. The Labute approximate surface area is 106 Å². The summed E-state index contributed by atoms with van der Waals surface area (Å²) in [5.41, 5.74) is -0.750. The molecule has 1 rings (SSSR count). The first-order chi connectivity index (χ1) is 8.01. The summed E-state index contributed by atoms with van der Waals surface area (Å²) in [6, 6.07) is 7.60. The molecule has 0 unspecified atom stereocenters. The number of benzene rings is 1. The summed E-state index contributed by atoms with van der Waals surface area (Å²) in [7, 11) is 2.99. The van der Waals surface area contributed by atoms with Gasteiger partial charge in [-0.2, -0.15) is 0 Å². The van der Waals surface area contributed by atoms with Crippen molar-refractivity contribution in [3.05, 3.63) is 24.3 Å². The van der Waals surface area contributed by atoms with Gasteiger partial charge in [0.2, 0.25) is 0 Å². The van der Waals surface area contributed by atoms with Gasteiger partial charge in [-0.05, 0) is 37.9 Å². The van der Waals surface area contributed by atoms with E-state index in [1.54, 1.807) is 21.0 Å². The lowest BCUT2D eigenvalue weighted by atomic mass is 10.1. The number of ether oxygens (including phenoxy) is 2. The molecule has 0 bridgehead atoms. The highest BCUT2D eigenvalue weighted by Crippen LogP contribution is 2.28. The number of methoxy groups -OCH3 is 2. The molecule has 0 fully saturated rings. The van der Waals surface area contributed by atoms with Crippen molar-refractivity contribution in [3.8, 4) is 5.75 Å². The number of hydrogen-bond acceptors (Lipinski definition) is 5. The Bertz CT molecular complexity index is 393. The van der Waals surface area contributed by atoms with Crippen LogP contribution in [-0.2, 0) is 9.53 Å². The molecule has 5 heteroatoms. The van der Waals surface area contributed by atoms with Crippen LogP contribution in [0.4, 0.5) is 0 Å². The molecule has 0 atom stereocenters. The molecule has 1 N–H and O–H groups in total. The van der Waals surface area contributed by atoms with Crippen molar-refractivity contribution in [3.63, 3.8) is 0 Å². The summed E-state index contributed by atoms with van der Waals surface area (Å²) < 4.78 is 13.0. The molecule has 0 radical (unpaired) electrons. The fraction of sp³-hybridized carbons (Fsp3) is 0.417. The van der Waals surface area contributed by atoms with Crippen molar-refractivity contribution in [2.75, 3.05) is 14.2 Å². The molecular weight excluding hydrogens is 238 g/mol. The van der Waals surface area contributed by atoms with Gasteiger partial charge in [0, 0.05) is 0 Å². The van der Waals surface area contributed by atoms with Gasteiger partial charge >= 0.3 is 5.97 Å². The largest absolute Gasteiger partial charge is 0.496 e. The van der Waals surface area contributed by atoms with Gasteiger partial charge in [-0.15, -0.1) is 0 Å². The van der Waals surface area contributed by atoms with Crippen molar-refractivity contribution < 1.29 is 14.3 Å². The van der Waals surface area contributed by atoms with Crippen LogP contribution in [0.5, 0.6) is 5.75 Å². The second-order valence-electron chi connectivity index (χ2n) is 3.97. The highest BCUT2D eigenvalue weighted by molar-refractivity contribution is 7.97. The Morgan fingerprint density at radius 2 is 1.94 bits per heavy atom. The molecule has 0 aliphatic carbocycles. The van der Waals surface area contributed by atoms with E-state index in [-0.39, 0.29) is 5.97 Å². The first-order valence-corrected chi connectivity index (χ1v) is 5.98.